The molecule has 0 radical (unpaired) electrons. The number of benzene rings is 1. The molecule has 1 aromatic rings. The van der Waals surface area contributed by atoms with Crippen LogP contribution in [0.15, 0.2) is 24.8 Å². The standard InChI is InChI=1S/C12H15N/c1-3-9-4-6-11-10(8-9)5-7-12(11)13-2/h3-4,6,8,12-13H,1,5,7H2,2H3. The predicted molar refractivity (Wildman–Crippen MR) is 56.7 cm³/mol. The Morgan fingerprint density at radius 1 is 1.54 bits per heavy atom. The second kappa shape index (κ2) is 3.35. The largest absolute Gasteiger partial charge is 0.313 e. The number of hydrogen-bond donors (Lipinski definition) is 1. The van der Waals surface area contributed by atoms with Gasteiger partial charge in [0.15, 0.2) is 0 Å². The maximum atomic E-state index is 3.78. The SMILES string of the molecule is C=Cc1ccc2c(c1)CCC2NC. The zero-order valence-electron chi connectivity index (χ0n) is 8.01. The van der Waals surface area contributed by atoms with Crippen molar-refractivity contribution in [3.05, 3.63) is 41.5 Å². The molecule has 1 nitrogen and oxygen atoms in total. The molecule has 0 aliphatic heterocycles. The summed E-state index contributed by atoms with van der Waals surface area (Å²) in [6, 6.07) is 7.18. The van der Waals surface area contributed by atoms with Crippen LogP contribution in [0, 0.1) is 0 Å². The van der Waals surface area contributed by atoms with E-state index in [0.29, 0.717) is 6.04 Å². The van der Waals surface area contributed by atoms with Crippen molar-refractivity contribution < 1.29 is 0 Å². The molecule has 1 unspecified atom stereocenters. The van der Waals surface area contributed by atoms with E-state index < -0.39 is 0 Å². The minimum Gasteiger partial charge on any atom is -0.313 e. The minimum atomic E-state index is 0.564. The first-order valence-electron chi connectivity index (χ1n) is 4.77. The molecule has 1 aliphatic carbocycles. The fraction of sp³-hybridized carbons (Fsp3) is 0.333. The fourth-order valence-corrected chi connectivity index (χ4v) is 2.06. The van der Waals surface area contributed by atoms with Crippen molar-refractivity contribution in [2.45, 2.75) is 18.9 Å². The van der Waals surface area contributed by atoms with Crippen LogP contribution < -0.4 is 5.32 Å². The molecule has 1 atom stereocenters. The topological polar surface area (TPSA) is 12.0 Å². The molecule has 68 valence electrons. The van der Waals surface area contributed by atoms with Crippen molar-refractivity contribution in [2.24, 2.45) is 0 Å². The van der Waals surface area contributed by atoms with Crippen LogP contribution in [0.4, 0.5) is 0 Å². The van der Waals surface area contributed by atoms with Gasteiger partial charge in [-0.3, -0.25) is 0 Å². The van der Waals surface area contributed by atoms with E-state index in [4.69, 9.17) is 0 Å². The highest BCUT2D eigenvalue weighted by Gasteiger charge is 2.20. The first-order valence-corrected chi connectivity index (χ1v) is 4.77. The van der Waals surface area contributed by atoms with Crippen LogP contribution in [0.1, 0.15) is 29.2 Å². The van der Waals surface area contributed by atoms with Gasteiger partial charge < -0.3 is 5.32 Å². The van der Waals surface area contributed by atoms with E-state index in [9.17, 15) is 0 Å². The van der Waals surface area contributed by atoms with Crippen LogP contribution in [0.2, 0.25) is 0 Å². The molecule has 0 amide bonds. The van der Waals surface area contributed by atoms with Gasteiger partial charge in [-0.2, -0.15) is 0 Å². The van der Waals surface area contributed by atoms with E-state index in [0.717, 1.165) is 0 Å². The minimum absolute atomic E-state index is 0.564. The molecule has 0 heterocycles. The highest BCUT2D eigenvalue weighted by Crippen LogP contribution is 2.31. The summed E-state index contributed by atoms with van der Waals surface area (Å²) in [6.07, 6.45) is 4.34. The monoisotopic (exact) mass is 173 g/mol. The van der Waals surface area contributed by atoms with Gasteiger partial charge in [0.05, 0.1) is 0 Å². The highest BCUT2D eigenvalue weighted by atomic mass is 14.9. The summed E-state index contributed by atoms with van der Waals surface area (Å²) in [4.78, 5) is 0. The van der Waals surface area contributed by atoms with Crippen LogP contribution in [0.25, 0.3) is 6.08 Å². The second-order valence-corrected chi connectivity index (χ2v) is 3.54. The lowest BCUT2D eigenvalue weighted by atomic mass is 10.0. The number of aryl methyl sites for hydroxylation is 1. The van der Waals surface area contributed by atoms with Crippen molar-refractivity contribution in [2.75, 3.05) is 7.05 Å². The fourth-order valence-electron chi connectivity index (χ4n) is 2.06. The summed E-state index contributed by atoms with van der Waals surface area (Å²) >= 11 is 0. The lowest BCUT2D eigenvalue weighted by Crippen LogP contribution is -2.12. The molecule has 0 aromatic heterocycles. The summed E-state index contributed by atoms with van der Waals surface area (Å²) in [5, 5.41) is 3.33. The van der Waals surface area contributed by atoms with Crippen molar-refractivity contribution in [1.29, 1.82) is 0 Å². The van der Waals surface area contributed by atoms with Crippen LogP contribution in [0.5, 0.6) is 0 Å². The Morgan fingerprint density at radius 3 is 3.08 bits per heavy atom. The molecule has 0 saturated carbocycles. The smallest absolute Gasteiger partial charge is 0.0323 e. The van der Waals surface area contributed by atoms with Crippen LogP contribution >= 0.6 is 0 Å². The lowest BCUT2D eigenvalue weighted by Gasteiger charge is -2.09. The molecular formula is C12H15N. The van der Waals surface area contributed by atoms with E-state index in [-0.39, 0.29) is 0 Å². The molecule has 1 heteroatoms. The zero-order chi connectivity index (χ0) is 9.26. The zero-order valence-corrected chi connectivity index (χ0v) is 8.01. The average Bonchev–Trinajstić information content (AvgIpc) is 2.59. The second-order valence-electron chi connectivity index (χ2n) is 3.54. The number of hydrogen-bond acceptors (Lipinski definition) is 1. The third-order valence-corrected chi connectivity index (χ3v) is 2.83. The Kier molecular flexibility index (Phi) is 2.19. The molecule has 1 aromatic carbocycles. The summed E-state index contributed by atoms with van der Waals surface area (Å²) in [7, 11) is 2.03. The molecule has 13 heavy (non-hydrogen) atoms. The third-order valence-electron chi connectivity index (χ3n) is 2.83. The van der Waals surface area contributed by atoms with E-state index in [1.165, 1.54) is 29.5 Å². The van der Waals surface area contributed by atoms with Gasteiger partial charge in [0, 0.05) is 6.04 Å². The van der Waals surface area contributed by atoms with Crippen molar-refractivity contribution in [1.82, 2.24) is 5.32 Å². The highest BCUT2D eigenvalue weighted by molar-refractivity contribution is 5.51. The molecule has 0 spiro atoms. The van der Waals surface area contributed by atoms with Gasteiger partial charge in [0.1, 0.15) is 0 Å². The summed E-state index contributed by atoms with van der Waals surface area (Å²) < 4.78 is 0. The van der Waals surface area contributed by atoms with Gasteiger partial charge in [-0.05, 0) is 36.6 Å². The molecule has 0 fully saturated rings. The lowest BCUT2D eigenvalue weighted by molar-refractivity contribution is 0.590. The van der Waals surface area contributed by atoms with Crippen molar-refractivity contribution in [3.63, 3.8) is 0 Å². The summed E-state index contributed by atoms with van der Waals surface area (Å²) in [5.41, 5.74) is 4.18. The third kappa shape index (κ3) is 1.40. The van der Waals surface area contributed by atoms with E-state index in [2.05, 4.69) is 30.1 Å². The van der Waals surface area contributed by atoms with E-state index in [1.807, 2.05) is 13.1 Å². The van der Waals surface area contributed by atoms with Gasteiger partial charge in [-0.15, -0.1) is 0 Å². The number of nitrogens with one attached hydrogen (secondary N) is 1. The van der Waals surface area contributed by atoms with E-state index in [1.54, 1.807) is 0 Å². The maximum absolute atomic E-state index is 3.78. The summed E-state index contributed by atoms with van der Waals surface area (Å²) in [5.74, 6) is 0. The van der Waals surface area contributed by atoms with Gasteiger partial charge in [-0.1, -0.05) is 30.9 Å². The Hall–Kier alpha value is -1.08. The Morgan fingerprint density at radius 2 is 2.38 bits per heavy atom. The van der Waals surface area contributed by atoms with Crippen LogP contribution in [0.3, 0.4) is 0 Å². The Bertz CT molecular complexity index is 328. The first kappa shape index (κ1) is 8.52. The first-order chi connectivity index (χ1) is 6.35. The Labute approximate surface area is 79.5 Å². The number of fused-ring (bicyclic) bond motifs is 1. The molecule has 0 bridgehead atoms. The molecule has 2 rings (SSSR count). The van der Waals surface area contributed by atoms with Crippen molar-refractivity contribution >= 4 is 6.08 Å². The van der Waals surface area contributed by atoms with Crippen LogP contribution in [-0.2, 0) is 6.42 Å². The molecule has 1 N–H and O–H groups in total. The van der Waals surface area contributed by atoms with Crippen molar-refractivity contribution in [3.8, 4) is 0 Å². The Balaban J connectivity index is 2.40. The average molecular weight is 173 g/mol. The summed E-state index contributed by atoms with van der Waals surface area (Å²) in [6.45, 7) is 3.78. The van der Waals surface area contributed by atoms with Gasteiger partial charge >= 0.3 is 0 Å². The predicted octanol–water partition coefficient (Wildman–Crippen LogP) is 2.54. The molecular weight excluding hydrogens is 158 g/mol. The van der Waals surface area contributed by atoms with Gasteiger partial charge in [-0.25, -0.2) is 0 Å². The quantitative estimate of drug-likeness (QED) is 0.724. The van der Waals surface area contributed by atoms with E-state index >= 15 is 0 Å². The van der Waals surface area contributed by atoms with Gasteiger partial charge in [0.2, 0.25) is 0 Å². The maximum Gasteiger partial charge on any atom is 0.0323 e. The van der Waals surface area contributed by atoms with Gasteiger partial charge in [0.25, 0.3) is 0 Å². The van der Waals surface area contributed by atoms with Crippen LogP contribution in [-0.4, -0.2) is 7.05 Å². The number of rotatable bonds is 2. The molecule has 0 saturated heterocycles. The molecule has 1 aliphatic rings. The normalized spacial score (nSPS) is 19.9.